The van der Waals surface area contributed by atoms with Crippen molar-refractivity contribution in [3.05, 3.63) is 141 Å². The van der Waals surface area contributed by atoms with Gasteiger partial charge in [-0.15, -0.1) is 0 Å². The number of methoxy groups -OCH3 is 1. The van der Waals surface area contributed by atoms with E-state index in [-0.39, 0.29) is 17.1 Å². The molecule has 0 atom stereocenters. The molecule has 1 amide bonds. The summed E-state index contributed by atoms with van der Waals surface area (Å²) in [5, 5.41) is 26.2. The molecule has 252 valence electrons. The fourth-order valence-corrected chi connectivity index (χ4v) is 5.31. The number of nitrogens with zero attached hydrogens (tertiary/aromatic N) is 4. The Hall–Kier alpha value is -6.51. The van der Waals surface area contributed by atoms with Crippen molar-refractivity contribution in [2.24, 2.45) is 0 Å². The van der Waals surface area contributed by atoms with Crippen LogP contribution in [0.5, 0.6) is 17.2 Å². The number of esters is 1. The summed E-state index contributed by atoms with van der Waals surface area (Å²) in [6, 6.07) is 33.7. The van der Waals surface area contributed by atoms with Crippen LogP contribution in [0.3, 0.4) is 0 Å². The molecule has 0 aliphatic rings. The van der Waals surface area contributed by atoms with Crippen molar-refractivity contribution < 1.29 is 24.2 Å². The highest BCUT2D eigenvalue weighted by molar-refractivity contribution is 14.1. The number of hydrogen-bond acceptors (Lipinski definition) is 9. The molecule has 0 fully saturated rings. The molecule has 3 N–H and O–H groups in total. The third-order valence-corrected chi connectivity index (χ3v) is 7.97. The van der Waals surface area contributed by atoms with Gasteiger partial charge in [-0.25, -0.2) is 14.8 Å². The molecule has 11 nitrogen and oxygen atoms in total. The molecular weight excluding hydrogens is 759 g/mol. The zero-order chi connectivity index (χ0) is 36.3. The average Bonchev–Trinajstić information content (AvgIpc) is 3.14. The Morgan fingerprint density at radius 3 is 2.41 bits per heavy atom. The Bertz CT molecular complexity index is 2320. The number of fused-ring (bicyclic) bond motifs is 1. The number of ether oxygens (including phenoxy) is 2. The summed E-state index contributed by atoms with van der Waals surface area (Å²) in [6.45, 7) is 8.97. The van der Waals surface area contributed by atoms with E-state index in [9.17, 15) is 20.0 Å². The number of aromatic nitrogens is 2. The number of carbonyl (C=O) groups is 2. The Morgan fingerprint density at radius 2 is 1.71 bits per heavy atom. The van der Waals surface area contributed by atoms with Crippen molar-refractivity contribution in [2.45, 2.75) is 13.5 Å². The second kappa shape index (κ2) is 16.7. The van der Waals surface area contributed by atoms with Crippen LogP contribution in [-0.4, -0.2) is 34.1 Å². The van der Waals surface area contributed by atoms with Crippen LogP contribution in [0.25, 0.3) is 27.1 Å². The second-order valence-electron chi connectivity index (χ2n) is 10.8. The molecule has 0 aliphatic heterocycles. The van der Waals surface area contributed by atoms with E-state index in [2.05, 4.69) is 54.1 Å². The lowest BCUT2D eigenvalue weighted by Gasteiger charge is -2.12. The van der Waals surface area contributed by atoms with Crippen molar-refractivity contribution in [3.63, 3.8) is 0 Å². The standard InChI is InChI=1S/C23H18N4O2.C16H11IN2O3/c1-29-17-9-6-15(7-10-17)14-25-22-19-12-16(13-24)8-11-20(19)26-23(27-22)18-4-2-3-5-21(18)28;1-10(20)22-15-6-4-3-5-12(15)16(21)19-13-8-7-11(17)9-14(13)18-2/h2-12,28H,14H2,1H3,(H,25,26,27);3-9H,1H3,(H,19,21). The molecule has 12 heteroatoms. The zero-order valence-electron chi connectivity index (χ0n) is 27.3. The number of hydrogen-bond donors (Lipinski definition) is 3. The van der Waals surface area contributed by atoms with Gasteiger partial charge < -0.3 is 25.2 Å². The van der Waals surface area contributed by atoms with Crippen LogP contribution in [0, 0.1) is 21.5 Å². The van der Waals surface area contributed by atoms with Gasteiger partial charge in [-0.2, -0.15) is 5.26 Å². The van der Waals surface area contributed by atoms with Crippen molar-refractivity contribution >= 4 is 62.6 Å². The molecule has 51 heavy (non-hydrogen) atoms. The molecule has 0 radical (unpaired) electrons. The average molecular weight is 789 g/mol. The predicted octanol–water partition coefficient (Wildman–Crippen LogP) is 8.51. The molecule has 0 bridgehead atoms. The second-order valence-corrected chi connectivity index (χ2v) is 12.0. The lowest BCUT2D eigenvalue weighted by molar-refractivity contribution is -0.131. The molecule has 6 aromatic rings. The number of halogens is 1. The number of rotatable bonds is 8. The Labute approximate surface area is 307 Å². The lowest BCUT2D eigenvalue weighted by Crippen LogP contribution is -2.14. The first-order valence-corrected chi connectivity index (χ1v) is 16.4. The van der Waals surface area contributed by atoms with E-state index in [0.717, 1.165) is 20.3 Å². The number of anilines is 2. The van der Waals surface area contributed by atoms with Crippen LogP contribution in [0.1, 0.15) is 28.4 Å². The molecule has 1 aromatic heterocycles. The number of phenols is 1. The van der Waals surface area contributed by atoms with Gasteiger partial charge in [0.1, 0.15) is 23.1 Å². The van der Waals surface area contributed by atoms with Gasteiger partial charge in [0, 0.05) is 28.1 Å². The third kappa shape index (κ3) is 9.14. The maximum atomic E-state index is 12.4. The number of carbonyl (C=O) groups excluding carboxylic acids is 2. The van der Waals surface area contributed by atoms with E-state index in [1.165, 1.54) is 6.92 Å². The van der Waals surface area contributed by atoms with Crippen LogP contribution in [0.4, 0.5) is 17.2 Å². The van der Waals surface area contributed by atoms with Crippen LogP contribution in [0.15, 0.2) is 109 Å². The summed E-state index contributed by atoms with van der Waals surface area (Å²) in [5.41, 5.74) is 3.82. The third-order valence-electron chi connectivity index (χ3n) is 7.30. The molecule has 0 unspecified atom stereocenters. The number of nitriles is 1. The minimum atomic E-state index is -0.503. The van der Waals surface area contributed by atoms with Crippen molar-refractivity contribution in [1.82, 2.24) is 9.97 Å². The summed E-state index contributed by atoms with van der Waals surface area (Å²) in [4.78, 5) is 36.1. The topological polar surface area (TPSA) is 151 Å². The molecule has 0 spiro atoms. The molecule has 1 heterocycles. The maximum absolute atomic E-state index is 12.4. The lowest BCUT2D eigenvalue weighted by atomic mass is 10.1. The van der Waals surface area contributed by atoms with Crippen molar-refractivity contribution in [1.29, 1.82) is 5.26 Å². The van der Waals surface area contributed by atoms with E-state index in [0.29, 0.717) is 46.2 Å². The Balaban J connectivity index is 0.000000206. The van der Waals surface area contributed by atoms with E-state index >= 15 is 0 Å². The van der Waals surface area contributed by atoms with Crippen molar-refractivity contribution in [2.75, 3.05) is 17.7 Å². The van der Waals surface area contributed by atoms with Crippen LogP contribution in [0.2, 0.25) is 0 Å². The van der Waals surface area contributed by atoms with E-state index in [4.69, 9.17) is 16.0 Å². The molecule has 0 aliphatic carbocycles. The molecular formula is C39H29IN6O5. The number of nitrogens with one attached hydrogen (secondary N) is 2. The molecule has 6 rings (SSSR count). The Morgan fingerprint density at radius 1 is 0.961 bits per heavy atom. The minimum absolute atomic E-state index is 0.113. The van der Waals surface area contributed by atoms with Crippen LogP contribution >= 0.6 is 22.6 Å². The first-order valence-electron chi connectivity index (χ1n) is 15.3. The highest BCUT2D eigenvalue weighted by Crippen LogP contribution is 2.31. The van der Waals surface area contributed by atoms with Gasteiger partial charge in [0.25, 0.3) is 5.91 Å². The maximum Gasteiger partial charge on any atom is 0.308 e. The number of para-hydroxylation sites is 2. The van der Waals surface area contributed by atoms with Gasteiger partial charge in [0.05, 0.1) is 42.0 Å². The van der Waals surface area contributed by atoms with Gasteiger partial charge in [0.2, 0.25) is 5.69 Å². The normalized spacial score (nSPS) is 10.1. The van der Waals surface area contributed by atoms with Crippen LogP contribution in [-0.2, 0) is 11.3 Å². The summed E-state index contributed by atoms with van der Waals surface area (Å²) in [7, 11) is 1.63. The summed E-state index contributed by atoms with van der Waals surface area (Å²) in [5.74, 6) is 1.16. The number of aromatic hydroxyl groups is 1. The van der Waals surface area contributed by atoms with Gasteiger partial charge >= 0.3 is 5.97 Å². The first-order chi connectivity index (χ1) is 24.7. The SMILES string of the molecule is COc1ccc(CNc2nc(-c3ccccc3O)nc3ccc(C#N)cc23)cc1.[C-]#[N+]c1cc(I)ccc1NC(=O)c1ccccc1OC(C)=O. The number of benzene rings is 5. The molecule has 0 saturated heterocycles. The van der Waals surface area contributed by atoms with E-state index in [1.807, 2.05) is 30.3 Å². The first kappa shape index (κ1) is 35.8. The highest BCUT2D eigenvalue weighted by Gasteiger charge is 2.16. The van der Waals surface area contributed by atoms with Crippen LogP contribution < -0.4 is 20.1 Å². The highest BCUT2D eigenvalue weighted by atomic mass is 127. The van der Waals surface area contributed by atoms with Gasteiger partial charge in [-0.05, 0) is 101 Å². The molecule has 0 saturated carbocycles. The van der Waals surface area contributed by atoms with E-state index in [1.54, 1.807) is 86.0 Å². The largest absolute Gasteiger partial charge is 0.507 e. The van der Waals surface area contributed by atoms with Gasteiger partial charge in [-0.1, -0.05) is 36.4 Å². The van der Waals surface area contributed by atoms with Gasteiger partial charge in [0.15, 0.2) is 5.82 Å². The smallest absolute Gasteiger partial charge is 0.308 e. The Kier molecular flexibility index (Phi) is 11.7. The molecule has 5 aromatic carbocycles. The monoisotopic (exact) mass is 788 g/mol. The minimum Gasteiger partial charge on any atom is -0.507 e. The number of phenolic OH excluding ortho intramolecular Hbond substituents is 1. The summed E-state index contributed by atoms with van der Waals surface area (Å²) in [6.07, 6.45) is 0. The zero-order valence-corrected chi connectivity index (χ0v) is 29.5. The number of amides is 1. The summed E-state index contributed by atoms with van der Waals surface area (Å²) < 4.78 is 11.1. The summed E-state index contributed by atoms with van der Waals surface area (Å²) >= 11 is 2.10. The van der Waals surface area contributed by atoms with Crippen molar-refractivity contribution in [3.8, 4) is 34.7 Å². The fourth-order valence-electron chi connectivity index (χ4n) is 4.84. The predicted molar refractivity (Wildman–Crippen MR) is 203 cm³/mol. The quantitative estimate of drug-likeness (QED) is 0.0597. The van der Waals surface area contributed by atoms with Gasteiger partial charge in [-0.3, -0.25) is 9.59 Å². The fraction of sp³-hybridized carbons (Fsp3) is 0.0769. The van der Waals surface area contributed by atoms with E-state index < -0.39 is 11.9 Å².